The summed E-state index contributed by atoms with van der Waals surface area (Å²) < 4.78 is 4.14. The number of hydrogen-bond acceptors (Lipinski definition) is 4. The predicted molar refractivity (Wildman–Crippen MR) is 109 cm³/mol. The van der Waals surface area contributed by atoms with Crippen LogP contribution in [-0.4, -0.2) is 31.0 Å². The Kier molecular flexibility index (Phi) is 5.48. The fourth-order valence-corrected chi connectivity index (χ4v) is 4.69. The number of hydrogen-bond donors (Lipinski definition) is 1. The topological polar surface area (TPSA) is 64.7 Å². The van der Waals surface area contributed by atoms with Gasteiger partial charge in [-0.2, -0.15) is 5.10 Å². The van der Waals surface area contributed by atoms with E-state index in [1.165, 1.54) is 31.0 Å². The normalized spacial score (nSPS) is 15.3. The fraction of sp³-hybridized carbons (Fsp3) is 0.450. The zero-order chi connectivity index (χ0) is 18.6. The minimum absolute atomic E-state index is 0.0210. The van der Waals surface area contributed by atoms with E-state index in [0.717, 1.165) is 41.4 Å². The van der Waals surface area contributed by atoms with Crippen molar-refractivity contribution in [3.63, 3.8) is 0 Å². The molecule has 2 aromatic heterocycles. The second-order valence-electron chi connectivity index (χ2n) is 6.92. The first kappa shape index (κ1) is 18.1. The number of carbonyl (C=O) groups excluding carboxylic acids is 1. The molecule has 0 bridgehead atoms. The minimum atomic E-state index is -0.0210. The Bertz CT molecular complexity index is 925. The highest BCUT2D eigenvalue weighted by Crippen LogP contribution is 2.30. The maximum Gasteiger partial charge on any atom is 0.235 e. The van der Waals surface area contributed by atoms with Gasteiger partial charge < -0.3 is 9.88 Å². The van der Waals surface area contributed by atoms with Crippen LogP contribution in [-0.2, 0) is 11.3 Å². The van der Waals surface area contributed by atoms with Crippen LogP contribution in [0.15, 0.2) is 41.7 Å². The van der Waals surface area contributed by atoms with Gasteiger partial charge in [0.2, 0.25) is 5.91 Å². The van der Waals surface area contributed by atoms with Gasteiger partial charge in [0.25, 0.3) is 0 Å². The van der Waals surface area contributed by atoms with Gasteiger partial charge in [-0.3, -0.25) is 4.79 Å². The standard InChI is InChI=1S/C20H25N5OS/c1-2-24-17-11-7-6-10-16(17)22-20(24)27-14-19(26)23-18-12-13-21-25(18)15-8-4-3-5-9-15/h6-7,10-13,15H,2-5,8-9,14H2,1H3,(H,23,26). The number of aryl methyl sites for hydroxylation is 1. The Labute approximate surface area is 163 Å². The lowest BCUT2D eigenvalue weighted by atomic mass is 9.96. The zero-order valence-corrected chi connectivity index (χ0v) is 16.4. The number of aromatic nitrogens is 4. The highest BCUT2D eigenvalue weighted by Gasteiger charge is 2.19. The molecule has 0 atom stereocenters. The molecule has 2 heterocycles. The average Bonchev–Trinajstić information content (AvgIpc) is 3.30. The van der Waals surface area contributed by atoms with Gasteiger partial charge in [0.15, 0.2) is 5.16 Å². The molecule has 1 N–H and O–H groups in total. The second kappa shape index (κ2) is 8.17. The minimum Gasteiger partial charge on any atom is -0.319 e. The number of nitrogens with one attached hydrogen (secondary N) is 1. The van der Waals surface area contributed by atoms with Gasteiger partial charge in [-0.1, -0.05) is 43.2 Å². The predicted octanol–water partition coefficient (Wildman–Crippen LogP) is 4.49. The van der Waals surface area contributed by atoms with Crippen molar-refractivity contribution in [3.8, 4) is 0 Å². The maximum atomic E-state index is 12.5. The molecule has 0 radical (unpaired) electrons. The van der Waals surface area contributed by atoms with E-state index in [1.54, 1.807) is 6.20 Å². The van der Waals surface area contributed by atoms with E-state index in [4.69, 9.17) is 0 Å². The Balaban J connectivity index is 1.42. The molecule has 3 aromatic rings. The van der Waals surface area contributed by atoms with Crippen molar-refractivity contribution in [2.24, 2.45) is 0 Å². The van der Waals surface area contributed by atoms with Crippen LogP contribution in [0.2, 0.25) is 0 Å². The Morgan fingerprint density at radius 1 is 1.22 bits per heavy atom. The quantitative estimate of drug-likeness (QED) is 0.637. The van der Waals surface area contributed by atoms with Crippen LogP contribution in [0.5, 0.6) is 0 Å². The van der Waals surface area contributed by atoms with Gasteiger partial charge in [-0.25, -0.2) is 9.67 Å². The van der Waals surface area contributed by atoms with Crippen LogP contribution in [0.1, 0.15) is 45.1 Å². The highest BCUT2D eigenvalue weighted by atomic mass is 32.2. The van der Waals surface area contributed by atoms with Crippen molar-refractivity contribution >= 4 is 34.5 Å². The van der Waals surface area contributed by atoms with Crippen molar-refractivity contribution in [2.75, 3.05) is 11.1 Å². The molecule has 1 aliphatic rings. The number of benzene rings is 1. The molecule has 1 fully saturated rings. The maximum absolute atomic E-state index is 12.5. The molecule has 1 aliphatic carbocycles. The van der Waals surface area contributed by atoms with Crippen LogP contribution in [0.4, 0.5) is 5.82 Å². The summed E-state index contributed by atoms with van der Waals surface area (Å²) in [6, 6.07) is 10.4. The largest absolute Gasteiger partial charge is 0.319 e. The Morgan fingerprint density at radius 3 is 2.85 bits per heavy atom. The number of anilines is 1. The van der Waals surface area contributed by atoms with E-state index >= 15 is 0 Å². The highest BCUT2D eigenvalue weighted by molar-refractivity contribution is 7.99. The van der Waals surface area contributed by atoms with Crippen LogP contribution < -0.4 is 5.32 Å². The molecule has 1 aromatic carbocycles. The lowest BCUT2D eigenvalue weighted by Gasteiger charge is -2.23. The third-order valence-corrected chi connectivity index (χ3v) is 6.10. The summed E-state index contributed by atoms with van der Waals surface area (Å²) in [5.74, 6) is 1.11. The summed E-state index contributed by atoms with van der Waals surface area (Å²) in [6.07, 6.45) is 7.82. The molecule has 142 valence electrons. The lowest BCUT2D eigenvalue weighted by Crippen LogP contribution is -2.21. The van der Waals surface area contributed by atoms with E-state index in [0.29, 0.717) is 11.8 Å². The van der Waals surface area contributed by atoms with Crippen LogP contribution >= 0.6 is 11.8 Å². The second-order valence-corrected chi connectivity index (χ2v) is 7.86. The van der Waals surface area contributed by atoms with E-state index in [1.807, 2.05) is 28.9 Å². The van der Waals surface area contributed by atoms with Crippen molar-refractivity contribution in [3.05, 3.63) is 36.5 Å². The lowest BCUT2D eigenvalue weighted by molar-refractivity contribution is -0.113. The first-order valence-corrected chi connectivity index (χ1v) is 10.7. The molecule has 6 nitrogen and oxygen atoms in total. The molecule has 0 unspecified atom stereocenters. The number of thioether (sulfide) groups is 1. The average molecular weight is 384 g/mol. The monoisotopic (exact) mass is 383 g/mol. The Hall–Kier alpha value is -2.28. The molecule has 4 rings (SSSR count). The molecular formula is C20H25N5OS. The van der Waals surface area contributed by atoms with Crippen LogP contribution in [0.25, 0.3) is 11.0 Å². The molecule has 0 saturated heterocycles. The van der Waals surface area contributed by atoms with Gasteiger partial charge in [-0.15, -0.1) is 0 Å². The number of nitrogens with zero attached hydrogens (tertiary/aromatic N) is 4. The first-order valence-electron chi connectivity index (χ1n) is 9.67. The third-order valence-electron chi connectivity index (χ3n) is 5.13. The van der Waals surface area contributed by atoms with Gasteiger partial charge in [-0.05, 0) is 31.9 Å². The molecule has 0 spiro atoms. The number of rotatable bonds is 6. The molecule has 1 saturated carbocycles. The smallest absolute Gasteiger partial charge is 0.235 e. The molecular weight excluding hydrogens is 358 g/mol. The number of imidazole rings is 1. The van der Waals surface area contributed by atoms with Crippen LogP contribution in [0, 0.1) is 0 Å². The number of para-hydroxylation sites is 2. The van der Waals surface area contributed by atoms with E-state index in [9.17, 15) is 4.79 Å². The van der Waals surface area contributed by atoms with E-state index in [-0.39, 0.29) is 5.91 Å². The number of carbonyl (C=O) groups is 1. The van der Waals surface area contributed by atoms with Crippen molar-refractivity contribution in [1.82, 2.24) is 19.3 Å². The summed E-state index contributed by atoms with van der Waals surface area (Å²) in [5, 5.41) is 8.36. The zero-order valence-electron chi connectivity index (χ0n) is 15.6. The van der Waals surface area contributed by atoms with Gasteiger partial charge >= 0.3 is 0 Å². The van der Waals surface area contributed by atoms with Crippen molar-refractivity contribution in [1.29, 1.82) is 0 Å². The molecule has 1 amide bonds. The molecule has 0 aliphatic heterocycles. The number of amides is 1. The fourth-order valence-electron chi connectivity index (χ4n) is 3.81. The Morgan fingerprint density at radius 2 is 2.04 bits per heavy atom. The summed E-state index contributed by atoms with van der Waals surface area (Å²) in [7, 11) is 0. The summed E-state index contributed by atoms with van der Waals surface area (Å²) >= 11 is 1.48. The SMILES string of the molecule is CCn1c(SCC(=O)Nc2ccnn2C2CCCCC2)nc2ccccc21. The summed E-state index contributed by atoms with van der Waals surface area (Å²) in [5.41, 5.74) is 2.08. The van der Waals surface area contributed by atoms with E-state index < -0.39 is 0 Å². The number of fused-ring (bicyclic) bond motifs is 1. The molecule has 27 heavy (non-hydrogen) atoms. The van der Waals surface area contributed by atoms with Crippen molar-refractivity contribution < 1.29 is 4.79 Å². The van der Waals surface area contributed by atoms with Gasteiger partial charge in [0.05, 0.1) is 29.0 Å². The van der Waals surface area contributed by atoms with Crippen LogP contribution in [0.3, 0.4) is 0 Å². The summed E-state index contributed by atoms with van der Waals surface area (Å²) in [4.78, 5) is 17.2. The van der Waals surface area contributed by atoms with E-state index in [2.05, 4.69) is 33.0 Å². The molecule has 7 heteroatoms. The van der Waals surface area contributed by atoms with Crippen molar-refractivity contribution in [2.45, 2.75) is 56.8 Å². The summed E-state index contributed by atoms with van der Waals surface area (Å²) in [6.45, 7) is 2.93. The van der Waals surface area contributed by atoms with Gasteiger partial charge in [0.1, 0.15) is 5.82 Å². The first-order chi connectivity index (χ1) is 13.3. The van der Waals surface area contributed by atoms with Gasteiger partial charge in [0, 0.05) is 12.6 Å². The third kappa shape index (κ3) is 3.88.